The summed E-state index contributed by atoms with van der Waals surface area (Å²) < 4.78 is 7.35. The molecule has 0 unspecified atom stereocenters. The molecule has 3 aromatic heterocycles. The van der Waals surface area contributed by atoms with Crippen LogP contribution in [-0.2, 0) is 22.5 Å². The maximum Gasteiger partial charge on any atom is 0.229 e. The summed E-state index contributed by atoms with van der Waals surface area (Å²) in [4.78, 5) is 26.7. The van der Waals surface area contributed by atoms with Crippen LogP contribution in [0.2, 0.25) is 0 Å². The van der Waals surface area contributed by atoms with Gasteiger partial charge in [0.05, 0.1) is 23.0 Å². The van der Waals surface area contributed by atoms with Crippen LogP contribution in [0.1, 0.15) is 62.1 Å². The molecule has 1 aliphatic rings. The highest BCUT2D eigenvalue weighted by molar-refractivity contribution is 6.42. The van der Waals surface area contributed by atoms with Crippen LogP contribution < -0.4 is 10.6 Å². The molecule has 232 valence electrons. The van der Waals surface area contributed by atoms with Gasteiger partial charge in [-0.05, 0) is 54.2 Å². The van der Waals surface area contributed by atoms with E-state index in [1.807, 2.05) is 42.6 Å². The van der Waals surface area contributed by atoms with E-state index in [-0.39, 0.29) is 23.2 Å². The minimum absolute atomic E-state index is 0.0422. The van der Waals surface area contributed by atoms with Gasteiger partial charge in [0.25, 0.3) is 0 Å². The van der Waals surface area contributed by atoms with Crippen molar-refractivity contribution >= 4 is 45.7 Å². The lowest BCUT2D eigenvalue weighted by Gasteiger charge is -2.28. The first-order valence-corrected chi connectivity index (χ1v) is 15.8. The number of halogens is 1. The van der Waals surface area contributed by atoms with Crippen LogP contribution in [0.15, 0.2) is 72.5 Å². The SMILES string of the molecule is C=C(Cl)C(=O)Cc1ccc2c(-c3ccccc3CNc3nc(NC4CCC(OC)CC4)nc4c(C(C)C)cnn34)nccc2c1. The molecule has 1 fully saturated rings. The predicted octanol–water partition coefficient (Wildman–Crippen LogP) is 7.31. The zero-order valence-electron chi connectivity index (χ0n) is 25.9. The van der Waals surface area contributed by atoms with Gasteiger partial charge in [-0.25, -0.2) is 0 Å². The van der Waals surface area contributed by atoms with Crippen molar-refractivity contribution in [3.05, 3.63) is 89.2 Å². The Kier molecular flexibility index (Phi) is 9.09. The minimum atomic E-state index is -0.185. The first kappa shape index (κ1) is 30.7. The van der Waals surface area contributed by atoms with Gasteiger partial charge in [0.15, 0.2) is 11.4 Å². The summed E-state index contributed by atoms with van der Waals surface area (Å²) in [5.74, 6) is 1.30. The summed E-state index contributed by atoms with van der Waals surface area (Å²) in [5.41, 5.74) is 5.69. The Bertz CT molecular complexity index is 1860. The smallest absolute Gasteiger partial charge is 0.229 e. The lowest BCUT2D eigenvalue weighted by Crippen LogP contribution is -2.30. The third kappa shape index (κ3) is 6.70. The van der Waals surface area contributed by atoms with Gasteiger partial charge in [-0.15, -0.1) is 0 Å². The second kappa shape index (κ2) is 13.3. The third-order valence-electron chi connectivity index (χ3n) is 8.56. The number of nitrogens with one attached hydrogen (secondary N) is 2. The van der Waals surface area contributed by atoms with Crippen molar-refractivity contribution in [2.75, 3.05) is 17.7 Å². The number of pyridine rings is 1. The van der Waals surface area contributed by atoms with Crippen LogP contribution >= 0.6 is 11.6 Å². The number of fused-ring (bicyclic) bond motifs is 2. The minimum Gasteiger partial charge on any atom is -0.381 e. The predicted molar refractivity (Wildman–Crippen MR) is 180 cm³/mol. The average Bonchev–Trinajstić information content (AvgIpc) is 3.48. The molecule has 1 saturated carbocycles. The van der Waals surface area contributed by atoms with E-state index in [1.54, 1.807) is 17.8 Å². The summed E-state index contributed by atoms with van der Waals surface area (Å²) in [5, 5.41) is 13.8. The molecule has 3 heterocycles. The number of anilines is 2. The van der Waals surface area contributed by atoms with E-state index in [1.165, 1.54) is 0 Å². The number of hydrogen-bond donors (Lipinski definition) is 2. The fraction of sp³-hybridized carbons (Fsp3) is 0.343. The van der Waals surface area contributed by atoms with Gasteiger partial charge in [-0.3, -0.25) is 9.78 Å². The molecular formula is C35H38ClN7O2. The molecule has 0 aliphatic heterocycles. The number of hydrogen-bond acceptors (Lipinski definition) is 8. The van der Waals surface area contributed by atoms with E-state index < -0.39 is 0 Å². The second-order valence-corrected chi connectivity index (χ2v) is 12.4. The first-order chi connectivity index (χ1) is 21.8. The van der Waals surface area contributed by atoms with Gasteiger partial charge in [0.1, 0.15) is 0 Å². The molecule has 5 aromatic rings. The number of ketones is 1. The molecule has 2 N–H and O–H groups in total. The molecule has 1 aliphatic carbocycles. The molecule has 10 heteroatoms. The van der Waals surface area contributed by atoms with Crippen molar-refractivity contribution in [2.24, 2.45) is 0 Å². The molecule has 0 amide bonds. The summed E-state index contributed by atoms with van der Waals surface area (Å²) in [6.45, 7) is 8.35. The van der Waals surface area contributed by atoms with E-state index in [9.17, 15) is 4.79 Å². The summed E-state index contributed by atoms with van der Waals surface area (Å²) in [6, 6.07) is 16.4. The zero-order chi connectivity index (χ0) is 31.5. The molecule has 0 atom stereocenters. The number of ether oxygens (including phenoxy) is 1. The van der Waals surface area contributed by atoms with E-state index >= 15 is 0 Å². The molecule has 6 rings (SSSR count). The number of carbonyl (C=O) groups excluding carboxylic acids is 1. The zero-order valence-corrected chi connectivity index (χ0v) is 26.6. The van der Waals surface area contributed by atoms with E-state index in [0.717, 1.165) is 70.1 Å². The lowest BCUT2D eigenvalue weighted by atomic mass is 9.93. The van der Waals surface area contributed by atoms with Gasteiger partial charge in [-0.1, -0.05) is 74.5 Å². The first-order valence-electron chi connectivity index (χ1n) is 15.4. The Balaban J connectivity index is 1.29. The number of nitrogens with zero attached hydrogens (tertiary/aromatic N) is 5. The molecule has 9 nitrogen and oxygen atoms in total. The van der Waals surface area contributed by atoms with Crippen molar-refractivity contribution in [2.45, 2.75) is 70.6 Å². The number of carbonyl (C=O) groups is 1. The fourth-order valence-electron chi connectivity index (χ4n) is 6.02. The molecule has 45 heavy (non-hydrogen) atoms. The highest BCUT2D eigenvalue weighted by atomic mass is 35.5. The maximum absolute atomic E-state index is 12.2. The van der Waals surface area contributed by atoms with Crippen LogP contribution in [0.25, 0.3) is 27.7 Å². The lowest BCUT2D eigenvalue weighted by molar-refractivity contribution is -0.114. The van der Waals surface area contributed by atoms with Crippen LogP contribution in [0.5, 0.6) is 0 Å². The van der Waals surface area contributed by atoms with Crippen molar-refractivity contribution in [1.82, 2.24) is 24.6 Å². The largest absolute Gasteiger partial charge is 0.381 e. The number of rotatable bonds is 11. The third-order valence-corrected chi connectivity index (χ3v) is 8.77. The molecule has 0 radical (unpaired) electrons. The van der Waals surface area contributed by atoms with Crippen molar-refractivity contribution < 1.29 is 9.53 Å². The Morgan fingerprint density at radius 2 is 1.91 bits per heavy atom. The monoisotopic (exact) mass is 623 g/mol. The van der Waals surface area contributed by atoms with Crippen molar-refractivity contribution in [1.29, 1.82) is 0 Å². The summed E-state index contributed by atoms with van der Waals surface area (Å²) in [6.07, 6.45) is 8.28. The maximum atomic E-state index is 12.2. The molecule has 0 bridgehead atoms. The van der Waals surface area contributed by atoms with E-state index in [0.29, 0.717) is 30.6 Å². The highest BCUT2D eigenvalue weighted by Gasteiger charge is 2.23. The standard InChI is InChI=1S/C35H38ClN7O2/c1-21(2)30-20-39-43-33(30)41-34(40-26-10-12-27(45-4)13-11-26)42-35(43)38-19-25-7-5-6-8-28(25)32-29-14-9-23(18-31(44)22(3)36)17-24(29)15-16-37-32/h5-9,14-17,20-21,26-27H,3,10-13,18-19H2,1-2,4H3,(H2,38,40,41,42). The molecule has 0 spiro atoms. The van der Waals surface area contributed by atoms with Gasteiger partial charge in [-0.2, -0.15) is 19.6 Å². The van der Waals surface area contributed by atoms with E-state index in [4.69, 9.17) is 31.3 Å². The summed E-state index contributed by atoms with van der Waals surface area (Å²) >= 11 is 5.82. The van der Waals surface area contributed by atoms with Crippen LogP contribution in [0.3, 0.4) is 0 Å². The van der Waals surface area contributed by atoms with Crippen LogP contribution in [-0.4, -0.2) is 49.6 Å². The number of methoxy groups -OCH3 is 1. The molecular weight excluding hydrogens is 586 g/mol. The average molecular weight is 624 g/mol. The number of Topliss-reactive ketones (excluding diaryl/α,β-unsaturated/α-hetero) is 1. The quantitative estimate of drug-likeness (QED) is 0.148. The molecule has 2 aromatic carbocycles. The van der Waals surface area contributed by atoms with Crippen molar-refractivity contribution in [3.63, 3.8) is 0 Å². The molecule has 0 saturated heterocycles. The fourth-order valence-corrected chi connectivity index (χ4v) is 6.09. The number of aromatic nitrogens is 5. The van der Waals surface area contributed by atoms with Crippen LogP contribution in [0, 0.1) is 0 Å². The van der Waals surface area contributed by atoms with Gasteiger partial charge < -0.3 is 15.4 Å². The Labute approximate surface area is 268 Å². The topological polar surface area (TPSA) is 106 Å². The number of allylic oxidation sites excluding steroid dienone is 1. The van der Waals surface area contributed by atoms with Gasteiger partial charge >= 0.3 is 0 Å². The second-order valence-electron chi connectivity index (χ2n) is 11.9. The highest BCUT2D eigenvalue weighted by Crippen LogP contribution is 2.31. The Morgan fingerprint density at radius 1 is 1.11 bits per heavy atom. The summed E-state index contributed by atoms with van der Waals surface area (Å²) in [7, 11) is 1.79. The normalized spacial score (nSPS) is 16.7. The van der Waals surface area contributed by atoms with Crippen molar-refractivity contribution in [3.8, 4) is 11.3 Å². The number of benzene rings is 2. The Morgan fingerprint density at radius 3 is 2.67 bits per heavy atom. The van der Waals surface area contributed by atoms with Gasteiger partial charge in [0, 0.05) is 48.8 Å². The Hall–Kier alpha value is -4.34. The van der Waals surface area contributed by atoms with Gasteiger partial charge in [0.2, 0.25) is 11.9 Å². The van der Waals surface area contributed by atoms with Crippen LogP contribution in [0.4, 0.5) is 11.9 Å². The van der Waals surface area contributed by atoms with E-state index in [2.05, 4.69) is 48.3 Å².